The molecular formula is C33H28N2. The van der Waals surface area contributed by atoms with E-state index in [1.165, 1.54) is 44.2 Å². The number of H-pyrrole nitrogens is 1. The summed E-state index contributed by atoms with van der Waals surface area (Å²) in [5.74, 6) is 0.430. The van der Waals surface area contributed by atoms with Crippen molar-refractivity contribution in [2.24, 2.45) is 0 Å². The Balaban J connectivity index is 1.43. The highest BCUT2D eigenvalue weighted by Crippen LogP contribution is 2.39. The van der Waals surface area contributed by atoms with Gasteiger partial charge in [-0.3, -0.25) is 0 Å². The first-order valence-corrected chi connectivity index (χ1v) is 12.2. The van der Waals surface area contributed by atoms with Crippen molar-refractivity contribution >= 4 is 38.9 Å². The van der Waals surface area contributed by atoms with Gasteiger partial charge < -0.3 is 9.88 Å². The summed E-state index contributed by atoms with van der Waals surface area (Å²) in [6, 6.07) is 43.5. The number of aromatic amines is 1. The van der Waals surface area contributed by atoms with Crippen molar-refractivity contribution in [1.82, 2.24) is 4.98 Å². The second-order valence-electron chi connectivity index (χ2n) is 9.36. The zero-order valence-electron chi connectivity index (χ0n) is 20.1. The van der Waals surface area contributed by atoms with Gasteiger partial charge in [0.1, 0.15) is 0 Å². The number of aromatic nitrogens is 1. The number of para-hydroxylation sites is 3. The first-order chi connectivity index (χ1) is 17.2. The van der Waals surface area contributed by atoms with Crippen LogP contribution in [0.3, 0.4) is 0 Å². The molecule has 0 aliphatic heterocycles. The number of fused-ring (bicyclic) bond motifs is 3. The fourth-order valence-electron chi connectivity index (χ4n) is 5.01. The summed E-state index contributed by atoms with van der Waals surface area (Å²) < 4.78 is 0. The second-order valence-corrected chi connectivity index (χ2v) is 9.36. The third kappa shape index (κ3) is 3.87. The Hall–Kier alpha value is -4.30. The summed E-state index contributed by atoms with van der Waals surface area (Å²) in [4.78, 5) is 5.89. The van der Waals surface area contributed by atoms with Crippen LogP contribution in [0.25, 0.3) is 32.9 Å². The van der Waals surface area contributed by atoms with Gasteiger partial charge >= 0.3 is 0 Å². The Morgan fingerprint density at radius 3 is 1.97 bits per heavy atom. The Morgan fingerprint density at radius 1 is 0.543 bits per heavy atom. The van der Waals surface area contributed by atoms with E-state index in [0.717, 1.165) is 11.4 Å². The van der Waals surface area contributed by atoms with Gasteiger partial charge in [0.15, 0.2) is 0 Å². The minimum Gasteiger partial charge on any atom is -0.355 e. The topological polar surface area (TPSA) is 19.0 Å². The Morgan fingerprint density at radius 2 is 1.17 bits per heavy atom. The third-order valence-electron chi connectivity index (χ3n) is 6.78. The lowest BCUT2D eigenvalue weighted by molar-refractivity contribution is 0.864. The minimum atomic E-state index is 0.430. The Kier molecular flexibility index (Phi) is 5.35. The van der Waals surface area contributed by atoms with Crippen LogP contribution in [0.5, 0.6) is 0 Å². The molecule has 6 aromatic rings. The van der Waals surface area contributed by atoms with E-state index in [4.69, 9.17) is 0 Å². The lowest BCUT2D eigenvalue weighted by Gasteiger charge is -2.29. The minimum absolute atomic E-state index is 0.430. The van der Waals surface area contributed by atoms with Crippen molar-refractivity contribution in [1.29, 1.82) is 0 Å². The number of hydrogen-bond donors (Lipinski definition) is 1. The molecule has 1 heterocycles. The molecule has 6 rings (SSSR count). The molecule has 0 aliphatic carbocycles. The van der Waals surface area contributed by atoms with Crippen molar-refractivity contribution in [2.45, 2.75) is 19.8 Å². The lowest BCUT2D eigenvalue weighted by Crippen LogP contribution is -2.12. The Bertz CT molecular complexity index is 1610. The molecule has 35 heavy (non-hydrogen) atoms. The van der Waals surface area contributed by atoms with Crippen molar-refractivity contribution < 1.29 is 0 Å². The van der Waals surface area contributed by atoms with Crippen LogP contribution < -0.4 is 4.90 Å². The predicted octanol–water partition coefficient (Wildman–Crippen LogP) is 9.58. The van der Waals surface area contributed by atoms with Crippen molar-refractivity contribution in [3.63, 3.8) is 0 Å². The number of rotatable bonds is 5. The molecule has 5 aromatic carbocycles. The molecule has 0 aliphatic rings. The monoisotopic (exact) mass is 452 g/mol. The molecule has 0 bridgehead atoms. The zero-order chi connectivity index (χ0) is 23.8. The first kappa shape index (κ1) is 21.2. The van der Waals surface area contributed by atoms with E-state index in [1.807, 2.05) is 0 Å². The standard InChI is InChI=1S/C33H28N2/c1-23(2)28-12-7-9-15-33(28)35(26-10-4-3-5-11-26)27-19-16-24(17-20-27)25-18-21-32-30(22-25)29-13-6-8-14-31(29)34-32/h3-23,34H,1-2H3. The molecule has 1 N–H and O–H groups in total. The average molecular weight is 453 g/mol. The molecular weight excluding hydrogens is 424 g/mol. The number of nitrogens with one attached hydrogen (secondary N) is 1. The SMILES string of the molecule is CC(C)c1ccccc1N(c1ccccc1)c1ccc(-c2ccc3[nH]c4ccccc4c3c2)cc1. The van der Waals surface area contributed by atoms with E-state index in [2.05, 4.69) is 145 Å². The van der Waals surface area contributed by atoms with Gasteiger partial charge in [-0.15, -0.1) is 0 Å². The van der Waals surface area contributed by atoms with Crippen LogP contribution in [-0.4, -0.2) is 4.98 Å². The summed E-state index contributed by atoms with van der Waals surface area (Å²) >= 11 is 0. The van der Waals surface area contributed by atoms with E-state index in [9.17, 15) is 0 Å². The van der Waals surface area contributed by atoms with Crippen molar-refractivity contribution in [3.05, 3.63) is 127 Å². The van der Waals surface area contributed by atoms with Gasteiger partial charge in [-0.1, -0.05) is 86.6 Å². The second kappa shape index (κ2) is 8.81. The fraction of sp³-hybridized carbons (Fsp3) is 0.0909. The van der Waals surface area contributed by atoms with Gasteiger partial charge in [0.2, 0.25) is 0 Å². The molecule has 0 unspecified atom stereocenters. The van der Waals surface area contributed by atoms with Gasteiger partial charge in [0, 0.05) is 38.9 Å². The number of anilines is 3. The van der Waals surface area contributed by atoms with Crippen molar-refractivity contribution in [2.75, 3.05) is 4.90 Å². The van der Waals surface area contributed by atoms with Gasteiger partial charge in [-0.25, -0.2) is 0 Å². The summed E-state index contributed by atoms with van der Waals surface area (Å²) in [5.41, 5.74) is 9.67. The molecule has 0 fully saturated rings. The van der Waals surface area contributed by atoms with Crippen LogP contribution in [0.4, 0.5) is 17.1 Å². The van der Waals surface area contributed by atoms with Gasteiger partial charge in [-0.2, -0.15) is 0 Å². The molecule has 0 spiro atoms. The van der Waals surface area contributed by atoms with Crippen LogP contribution in [0.1, 0.15) is 25.3 Å². The maximum absolute atomic E-state index is 3.52. The Labute approximate surface area is 206 Å². The van der Waals surface area contributed by atoms with Crippen LogP contribution in [0.2, 0.25) is 0 Å². The fourth-order valence-corrected chi connectivity index (χ4v) is 5.01. The quantitative estimate of drug-likeness (QED) is 0.276. The largest absolute Gasteiger partial charge is 0.355 e. The summed E-state index contributed by atoms with van der Waals surface area (Å²) in [7, 11) is 0. The van der Waals surface area contributed by atoms with Gasteiger partial charge in [0.05, 0.1) is 0 Å². The van der Waals surface area contributed by atoms with E-state index in [-0.39, 0.29) is 0 Å². The molecule has 2 heteroatoms. The normalized spacial score (nSPS) is 11.4. The molecule has 1 aromatic heterocycles. The third-order valence-corrected chi connectivity index (χ3v) is 6.78. The maximum Gasteiger partial charge on any atom is 0.0496 e. The van der Waals surface area contributed by atoms with E-state index in [0.29, 0.717) is 5.92 Å². The van der Waals surface area contributed by atoms with Crippen LogP contribution in [0, 0.1) is 0 Å². The summed E-state index contributed by atoms with van der Waals surface area (Å²) in [6.45, 7) is 4.51. The van der Waals surface area contributed by atoms with Crippen molar-refractivity contribution in [3.8, 4) is 11.1 Å². The predicted molar refractivity (Wildman–Crippen MR) is 150 cm³/mol. The highest BCUT2D eigenvalue weighted by Gasteiger charge is 2.17. The number of nitrogens with zero attached hydrogens (tertiary/aromatic N) is 1. The van der Waals surface area contributed by atoms with E-state index in [1.54, 1.807) is 0 Å². The molecule has 0 radical (unpaired) electrons. The molecule has 0 saturated heterocycles. The highest BCUT2D eigenvalue weighted by molar-refractivity contribution is 6.08. The summed E-state index contributed by atoms with van der Waals surface area (Å²) in [5, 5.41) is 2.53. The summed E-state index contributed by atoms with van der Waals surface area (Å²) in [6.07, 6.45) is 0. The maximum atomic E-state index is 3.52. The van der Waals surface area contributed by atoms with Crippen LogP contribution >= 0.6 is 0 Å². The number of benzene rings is 5. The van der Waals surface area contributed by atoms with E-state index < -0.39 is 0 Å². The molecule has 0 saturated carbocycles. The molecule has 170 valence electrons. The number of hydrogen-bond acceptors (Lipinski definition) is 1. The van der Waals surface area contributed by atoms with Gasteiger partial charge in [0.25, 0.3) is 0 Å². The van der Waals surface area contributed by atoms with Gasteiger partial charge in [-0.05, 0) is 71.1 Å². The van der Waals surface area contributed by atoms with Crippen LogP contribution in [-0.2, 0) is 0 Å². The zero-order valence-corrected chi connectivity index (χ0v) is 20.1. The lowest BCUT2D eigenvalue weighted by atomic mass is 9.99. The first-order valence-electron chi connectivity index (χ1n) is 12.2. The average Bonchev–Trinajstić information content (AvgIpc) is 3.28. The molecule has 0 amide bonds. The molecule has 0 atom stereocenters. The molecule has 2 nitrogen and oxygen atoms in total. The van der Waals surface area contributed by atoms with E-state index >= 15 is 0 Å². The van der Waals surface area contributed by atoms with Crippen LogP contribution in [0.15, 0.2) is 121 Å². The smallest absolute Gasteiger partial charge is 0.0496 e. The highest BCUT2D eigenvalue weighted by atomic mass is 15.1.